The first-order valence-electron chi connectivity index (χ1n) is 9.11. The minimum Gasteiger partial charge on any atom is -0.493 e. The van der Waals surface area contributed by atoms with Crippen LogP contribution in [-0.4, -0.2) is 36.6 Å². The van der Waals surface area contributed by atoms with Gasteiger partial charge in [0.25, 0.3) is 0 Å². The summed E-state index contributed by atoms with van der Waals surface area (Å²) in [5.74, 6) is 1.73. The highest BCUT2D eigenvalue weighted by molar-refractivity contribution is 5.87. The number of nitrogens with zero attached hydrogens (tertiary/aromatic N) is 1. The molecular weight excluding hydrogens is 326 g/mol. The summed E-state index contributed by atoms with van der Waals surface area (Å²) in [5, 5.41) is 0. The largest absolute Gasteiger partial charge is 0.493 e. The first-order valence-corrected chi connectivity index (χ1v) is 9.11. The van der Waals surface area contributed by atoms with Gasteiger partial charge >= 0.3 is 0 Å². The number of ether oxygens (including phenoxy) is 2. The van der Waals surface area contributed by atoms with Gasteiger partial charge in [-0.1, -0.05) is 36.9 Å². The van der Waals surface area contributed by atoms with Crippen LogP contribution in [0.2, 0.25) is 0 Å². The van der Waals surface area contributed by atoms with Crippen LogP contribution >= 0.6 is 0 Å². The number of benzene rings is 2. The molecule has 0 atom stereocenters. The van der Waals surface area contributed by atoms with E-state index in [1.807, 2.05) is 42.2 Å². The molecule has 0 spiro atoms. The molecule has 1 aliphatic rings. The zero-order valence-electron chi connectivity index (χ0n) is 15.2. The molecular formula is C22H25NO3. The number of amides is 1. The SMILES string of the molecule is C=CC(=O)N1CCC(Oc2cccc(-c3ccccc3OCC)c2)CC1. The third-order valence-electron chi connectivity index (χ3n) is 4.56. The number of piperidine rings is 1. The summed E-state index contributed by atoms with van der Waals surface area (Å²) in [6, 6.07) is 16.1. The summed E-state index contributed by atoms with van der Waals surface area (Å²) >= 11 is 0. The van der Waals surface area contributed by atoms with E-state index in [1.54, 1.807) is 0 Å². The van der Waals surface area contributed by atoms with Gasteiger partial charge in [-0.3, -0.25) is 4.79 Å². The van der Waals surface area contributed by atoms with Crippen LogP contribution in [0, 0.1) is 0 Å². The molecule has 4 nitrogen and oxygen atoms in total. The van der Waals surface area contributed by atoms with Gasteiger partial charge in [0.1, 0.15) is 17.6 Å². The molecule has 1 heterocycles. The smallest absolute Gasteiger partial charge is 0.245 e. The van der Waals surface area contributed by atoms with Crippen LogP contribution in [0.1, 0.15) is 19.8 Å². The van der Waals surface area contributed by atoms with Crippen molar-refractivity contribution in [1.29, 1.82) is 0 Å². The Morgan fingerprint density at radius 3 is 2.69 bits per heavy atom. The number of hydrogen-bond donors (Lipinski definition) is 0. The van der Waals surface area contributed by atoms with Gasteiger partial charge in [0.2, 0.25) is 5.91 Å². The van der Waals surface area contributed by atoms with Crippen molar-refractivity contribution in [1.82, 2.24) is 4.90 Å². The van der Waals surface area contributed by atoms with Crippen molar-refractivity contribution in [3.8, 4) is 22.6 Å². The summed E-state index contributed by atoms with van der Waals surface area (Å²) in [6.45, 7) is 7.59. The van der Waals surface area contributed by atoms with Crippen molar-refractivity contribution in [3.05, 3.63) is 61.2 Å². The number of para-hydroxylation sites is 1. The van der Waals surface area contributed by atoms with Crippen LogP contribution in [0.15, 0.2) is 61.2 Å². The number of rotatable bonds is 6. The Balaban J connectivity index is 1.69. The molecule has 26 heavy (non-hydrogen) atoms. The van der Waals surface area contributed by atoms with Crippen molar-refractivity contribution in [2.24, 2.45) is 0 Å². The highest BCUT2D eigenvalue weighted by Gasteiger charge is 2.22. The zero-order chi connectivity index (χ0) is 18.4. The van der Waals surface area contributed by atoms with Gasteiger partial charge in [-0.25, -0.2) is 0 Å². The van der Waals surface area contributed by atoms with E-state index in [0.29, 0.717) is 19.7 Å². The molecule has 0 aromatic heterocycles. The Bertz CT molecular complexity index is 763. The minimum atomic E-state index is -0.00187. The fourth-order valence-corrected chi connectivity index (χ4v) is 3.24. The second-order valence-corrected chi connectivity index (χ2v) is 6.30. The van der Waals surface area contributed by atoms with Crippen LogP contribution in [0.25, 0.3) is 11.1 Å². The lowest BCUT2D eigenvalue weighted by Crippen LogP contribution is -2.41. The van der Waals surface area contributed by atoms with E-state index < -0.39 is 0 Å². The van der Waals surface area contributed by atoms with E-state index in [-0.39, 0.29) is 12.0 Å². The van der Waals surface area contributed by atoms with Crippen LogP contribution < -0.4 is 9.47 Å². The standard InChI is InChI=1S/C22H25NO3/c1-3-22(24)23-14-12-18(13-15-23)26-19-9-7-8-17(16-19)20-10-5-6-11-21(20)25-4-2/h3,5-11,16,18H,1,4,12-15H2,2H3. The minimum absolute atomic E-state index is 0.00187. The maximum Gasteiger partial charge on any atom is 0.245 e. The van der Waals surface area contributed by atoms with Crippen LogP contribution in [0.4, 0.5) is 0 Å². The highest BCUT2D eigenvalue weighted by atomic mass is 16.5. The molecule has 3 rings (SSSR count). The van der Waals surface area contributed by atoms with Crippen molar-refractivity contribution in [3.63, 3.8) is 0 Å². The normalized spacial score (nSPS) is 14.7. The van der Waals surface area contributed by atoms with Gasteiger partial charge < -0.3 is 14.4 Å². The number of carbonyl (C=O) groups excluding carboxylic acids is 1. The summed E-state index contributed by atoms with van der Waals surface area (Å²) in [4.78, 5) is 13.5. The Kier molecular flexibility index (Phi) is 5.95. The fourth-order valence-electron chi connectivity index (χ4n) is 3.24. The van der Waals surface area contributed by atoms with Crippen LogP contribution in [0.3, 0.4) is 0 Å². The third-order valence-corrected chi connectivity index (χ3v) is 4.56. The van der Waals surface area contributed by atoms with Crippen LogP contribution in [-0.2, 0) is 4.79 Å². The molecule has 136 valence electrons. The van der Waals surface area contributed by atoms with Crippen LogP contribution in [0.5, 0.6) is 11.5 Å². The molecule has 4 heteroatoms. The van der Waals surface area contributed by atoms with Gasteiger partial charge in [0.05, 0.1) is 6.61 Å². The van der Waals surface area contributed by atoms with Gasteiger partial charge in [0, 0.05) is 31.5 Å². The number of likely N-dealkylation sites (tertiary alicyclic amines) is 1. The molecule has 0 N–H and O–H groups in total. The monoisotopic (exact) mass is 351 g/mol. The predicted molar refractivity (Wildman–Crippen MR) is 103 cm³/mol. The molecule has 0 radical (unpaired) electrons. The summed E-state index contributed by atoms with van der Waals surface area (Å²) in [5.41, 5.74) is 2.14. The average molecular weight is 351 g/mol. The first kappa shape index (κ1) is 18.1. The van der Waals surface area contributed by atoms with E-state index in [4.69, 9.17) is 9.47 Å². The molecule has 2 aromatic rings. The van der Waals surface area contributed by atoms with E-state index in [1.165, 1.54) is 6.08 Å². The topological polar surface area (TPSA) is 38.8 Å². The quantitative estimate of drug-likeness (QED) is 0.728. The average Bonchev–Trinajstić information content (AvgIpc) is 2.69. The Morgan fingerprint density at radius 2 is 1.96 bits per heavy atom. The van der Waals surface area contributed by atoms with Crippen molar-refractivity contribution in [2.45, 2.75) is 25.9 Å². The van der Waals surface area contributed by atoms with Gasteiger partial charge in [-0.05, 0) is 36.8 Å². The third kappa shape index (κ3) is 4.26. The molecule has 1 aliphatic heterocycles. The molecule has 0 aliphatic carbocycles. The molecule has 0 bridgehead atoms. The lowest BCUT2D eigenvalue weighted by Gasteiger charge is -2.31. The number of carbonyl (C=O) groups is 1. The summed E-state index contributed by atoms with van der Waals surface area (Å²) in [7, 11) is 0. The molecule has 1 fully saturated rings. The summed E-state index contributed by atoms with van der Waals surface area (Å²) in [6.07, 6.45) is 3.17. The molecule has 1 amide bonds. The maximum absolute atomic E-state index is 11.7. The van der Waals surface area contributed by atoms with Crippen molar-refractivity contribution < 1.29 is 14.3 Å². The second kappa shape index (κ2) is 8.56. The van der Waals surface area contributed by atoms with Gasteiger partial charge in [0.15, 0.2) is 0 Å². The predicted octanol–water partition coefficient (Wildman–Crippen LogP) is 4.31. The van der Waals surface area contributed by atoms with Gasteiger partial charge in [-0.15, -0.1) is 0 Å². The molecule has 1 saturated heterocycles. The molecule has 0 unspecified atom stereocenters. The van der Waals surface area contributed by atoms with E-state index >= 15 is 0 Å². The lowest BCUT2D eigenvalue weighted by molar-refractivity contribution is -0.127. The highest BCUT2D eigenvalue weighted by Crippen LogP contribution is 2.32. The Hall–Kier alpha value is -2.75. The Morgan fingerprint density at radius 1 is 1.19 bits per heavy atom. The van der Waals surface area contributed by atoms with Crippen molar-refractivity contribution >= 4 is 5.91 Å². The van der Waals surface area contributed by atoms with Gasteiger partial charge in [-0.2, -0.15) is 0 Å². The summed E-state index contributed by atoms with van der Waals surface area (Å²) < 4.78 is 11.9. The zero-order valence-corrected chi connectivity index (χ0v) is 15.2. The van der Waals surface area contributed by atoms with E-state index in [0.717, 1.165) is 35.5 Å². The van der Waals surface area contributed by atoms with Crippen molar-refractivity contribution in [2.75, 3.05) is 19.7 Å². The number of hydrogen-bond acceptors (Lipinski definition) is 3. The molecule has 0 saturated carbocycles. The van der Waals surface area contributed by atoms with E-state index in [9.17, 15) is 4.79 Å². The lowest BCUT2D eigenvalue weighted by atomic mass is 10.0. The first-order chi connectivity index (χ1) is 12.7. The Labute approximate surface area is 155 Å². The second-order valence-electron chi connectivity index (χ2n) is 6.30. The maximum atomic E-state index is 11.7. The molecule has 2 aromatic carbocycles. The van der Waals surface area contributed by atoms with E-state index in [2.05, 4.69) is 24.8 Å². The fraction of sp³-hybridized carbons (Fsp3) is 0.318.